The lowest BCUT2D eigenvalue weighted by molar-refractivity contribution is -0.122. The number of aromatic nitrogens is 1. The van der Waals surface area contributed by atoms with Crippen molar-refractivity contribution in [1.29, 1.82) is 0 Å². The Kier molecular flexibility index (Phi) is 10.2. The van der Waals surface area contributed by atoms with Crippen LogP contribution >= 0.6 is 0 Å². The van der Waals surface area contributed by atoms with E-state index in [1.165, 1.54) is 18.9 Å². The number of carbonyl (C=O) groups is 4. The van der Waals surface area contributed by atoms with Crippen molar-refractivity contribution in [2.24, 2.45) is 0 Å². The molecule has 2 fully saturated rings. The summed E-state index contributed by atoms with van der Waals surface area (Å²) in [5, 5.41) is 12.9. The van der Waals surface area contributed by atoms with Gasteiger partial charge >= 0.3 is 0 Å². The van der Waals surface area contributed by atoms with Gasteiger partial charge in [0.2, 0.25) is 17.7 Å². The van der Waals surface area contributed by atoms with Crippen molar-refractivity contribution in [3.05, 3.63) is 90.0 Å². The average molecular weight is 648 g/mol. The van der Waals surface area contributed by atoms with E-state index < -0.39 is 5.54 Å². The molecule has 4 N–H and O–H groups in total. The molecular weight excluding hydrogens is 602 g/mol. The summed E-state index contributed by atoms with van der Waals surface area (Å²) in [6.45, 7) is 2.16. The maximum Gasteiger partial charge on any atom is 0.252 e. The lowest BCUT2D eigenvalue weighted by Crippen LogP contribution is -2.55. The van der Waals surface area contributed by atoms with Crippen LogP contribution in [0.15, 0.2) is 78.9 Å². The molecule has 2 aliphatic carbocycles. The molecule has 0 atom stereocenters. The van der Waals surface area contributed by atoms with Gasteiger partial charge in [0, 0.05) is 36.7 Å². The predicted octanol–water partition coefficient (Wildman–Crippen LogP) is 6.29. The second-order valence-electron chi connectivity index (χ2n) is 13.2. The predicted molar refractivity (Wildman–Crippen MR) is 189 cm³/mol. The molecule has 4 amide bonds. The normalized spacial score (nSPS) is 15.9. The van der Waals surface area contributed by atoms with Gasteiger partial charge in [0.05, 0.1) is 11.2 Å². The van der Waals surface area contributed by atoms with Crippen LogP contribution in [0.1, 0.15) is 86.6 Å². The summed E-state index contributed by atoms with van der Waals surface area (Å²) in [7, 11) is 0. The molecule has 9 heteroatoms. The zero-order chi connectivity index (χ0) is 33.5. The molecule has 0 saturated heterocycles. The van der Waals surface area contributed by atoms with Gasteiger partial charge in [0.25, 0.3) is 5.91 Å². The zero-order valence-corrected chi connectivity index (χ0v) is 27.6. The van der Waals surface area contributed by atoms with Gasteiger partial charge in [0.1, 0.15) is 12.1 Å². The van der Waals surface area contributed by atoms with Crippen LogP contribution in [0.5, 0.6) is 0 Å². The summed E-state index contributed by atoms with van der Waals surface area (Å²) in [5.74, 6) is -0.501. The van der Waals surface area contributed by atoms with Gasteiger partial charge < -0.3 is 25.8 Å². The molecule has 0 bridgehead atoms. The smallest absolute Gasteiger partial charge is 0.252 e. The van der Waals surface area contributed by atoms with Gasteiger partial charge in [0.15, 0.2) is 0 Å². The molecule has 4 aromatic rings. The molecular formula is C39H45N5O4. The molecule has 0 spiro atoms. The van der Waals surface area contributed by atoms with E-state index in [2.05, 4.69) is 33.4 Å². The van der Waals surface area contributed by atoms with Gasteiger partial charge in [-0.25, -0.2) is 0 Å². The Morgan fingerprint density at radius 3 is 2.15 bits per heavy atom. The van der Waals surface area contributed by atoms with E-state index in [4.69, 9.17) is 0 Å². The first kappa shape index (κ1) is 33.0. The van der Waals surface area contributed by atoms with E-state index in [1.807, 2.05) is 71.3 Å². The number of benzene rings is 3. The van der Waals surface area contributed by atoms with E-state index in [0.29, 0.717) is 43.1 Å². The first-order valence-corrected chi connectivity index (χ1v) is 17.3. The maximum absolute atomic E-state index is 14.0. The molecule has 0 radical (unpaired) electrons. The van der Waals surface area contributed by atoms with Crippen molar-refractivity contribution in [2.75, 3.05) is 18.4 Å². The minimum Gasteiger partial charge on any atom is -0.355 e. The van der Waals surface area contributed by atoms with Crippen molar-refractivity contribution >= 4 is 40.2 Å². The average Bonchev–Trinajstić information content (AvgIpc) is 3.71. The molecule has 250 valence electrons. The van der Waals surface area contributed by atoms with Crippen molar-refractivity contribution < 1.29 is 19.2 Å². The molecule has 1 aromatic heterocycles. The summed E-state index contributed by atoms with van der Waals surface area (Å²) in [6, 6.07) is 25.2. The topological polar surface area (TPSA) is 121 Å². The van der Waals surface area contributed by atoms with Gasteiger partial charge in [-0.2, -0.15) is 0 Å². The number of anilines is 1. The second-order valence-corrected chi connectivity index (χ2v) is 13.2. The number of hydrogen-bond acceptors (Lipinski definition) is 4. The third-order valence-corrected chi connectivity index (χ3v) is 9.83. The monoisotopic (exact) mass is 647 g/mol. The first-order chi connectivity index (χ1) is 23.3. The number of rotatable bonds is 11. The SMILES string of the molecule is CC(=O)NCCNC(=O)Cn1c(-c2ccccc2)c(C2CCCCC2)c2ccc(C(=O)NC3(C(=O)Nc4ccccc4)CCCC3)cc21. The number of nitrogens with one attached hydrogen (secondary N) is 4. The van der Waals surface area contributed by atoms with Crippen molar-refractivity contribution in [3.63, 3.8) is 0 Å². The van der Waals surface area contributed by atoms with Gasteiger partial charge in [-0.3, -0.25) is 19.2 Å². The number of carbonyl (C=O) groups excluding carboxylic acids is 4. The molecule has 6 rings (SSSR count). The van der Waals surface area contributed by atoms with Crippen LogP contribution < -0.4 is 21.3 Å². The van der Waals surface area contributed by atoms with Crippen molar-refractivity contribution in [1.82, 2.24) is 20.5 Å². The summed E-state index contributed by atoms with van der Waals surface area (Å²) >= 11 is 0. The Morgan fingerprint density at radius 1 is 0.792 bits per heavy atom. The van der Waals surface area contributed by atoms with E-state index in [1.54, 1.807) is 0 Å². The first-order valence-electron chi connectivity index (χ1n) is 17.3. The lowest BCUT2D eigenvalue weighted by atomic mass is 9.81. The Labute approximate surface area is 281 Å². The molecule has 0 aliphatic heterocycles. The van der Waals surface area contributed by atoms with Crippen LogP contribution in [0.2, 0.25) is 0 Å². The van der Waals surface area contributed by atoms with E-state index in [9.17, 15) is 19.2 Å². The highest BCUT2D eigenvalue weighted by atomic mass is 16.2. The highest BCUT2D eigenvalue weighted by molar-refractivity contribution is 6.06. The lowest BCUT2D eigenvalue weighted by Gasteiger charge is -2.29. The highest BCUT2D eigenvalue weighted by Crippen LogP contribution is 2.44. The Bertz CT molecular complexity index is 1770. The minimum absolute atomic E-state index is 0.0576. The Hall–Kier alpha value is -4.92. The van der Waals surface area contributed by atoms with E-state index in [-0.39, 0.29) is 30.2 Å². The molecule has 3 aromatic carbocycles. The zero-order valence-electron chi connectivity index (χ0n) is 27.6. The molecule has 0 unspecified atom stereocenters. The van der Waals surface area contributed by atoms with Crippen LogP contribution in [0.25, 0.3) is 22.2 Å². The quantitative estimate of drug-likeness (QED) is 0.143. The van der Waals surface area contributed by atoms with Gasteiger partial charge in [-0.15, -0.1) is 0 Å². The number of amides is 4. The van der Waals surface area contributed by atoms with E-state index >= 15 is 0 Å². The van der Waals surface area contributed by atoms with Crippen LogP contribution in [0.3, 0.4) is 0 Å². The molecule has 9 nitrogen and oxygen atoms in total. The number of nitrogens with zero attached hydrogens (tertiary/aromatic N) is 1. The number of fused-ring (bicyclic) bond motifs is 1. The summed E-state index contributed by atoms with van der Waals surface area (Å²) in [5.41, 5.74) is 4.20. The molecule has 2 saturated carbocycles. The standard InChI is InChI=1S/C39H45N5O4/c1-27(45)40-23-24-41-34(46)26-44-33-25-30(37(47)43-39(21-11-12-22-39)38(48)42-31-17-9-4-10-18-31)19-20-32(33)35(28-13-5-2-6-14-28)36(44)29-15-7-3-8-16-29/h3-4,7-10,15-20,25,28H,2,5-6,11-14,21-24,26H2,1H3,(H,40,45)(H,41,46)(H,42,48)(H,43,47). The Morgan fingerprint density at radius 2 is 1.46 bits per heavy atom. The number of hydrogen-bond donors (Lipinski definition) is 4. The fourth-order valence-corrected chi connectivity index (χ4v) is 7.48. The van der Waals surface area contributed by atoms with Crippen LogP contribution in [-0.4, -0.2) is 46.8 Å². The fraction of sp³-hybridized carbons (Fsp3) is 0.385. The highest BCUT2D eigenvalue weighted by Gasteiger charge is 2.42. The van der Waals surface area contributed by atoms with Crippen molar-refractivity contribution in [3.8, 4) is 11.3 Å². The van der Waals surface area contributed by atoms with Crippen LogP contribution in [0, 0.1) is 0 Å². The summed E-state index contributed by atoms with van der Waals surface area (Å²) in [6.07, 6.45) is 8.52. The fourth-order valence-electron chi connectivity index (χ4n) is 7.48. The Balaban J connectivity index is 1.38. The van der Waals surface area contributed by atoms with Gasteiger partial charge in [-0.05, 0) is 67.0 Å². The minimum atomic E-state index is -1.000. The van der Waals surface area contributed by atoms with Gasteiger partial charge in [-0.1, -0.05) is 86.7 Å². The largest absolute Gasteiger partial charge is 0.355 e. The number of para-hydroxylation sites is 1. The molecule has 2 aliphatic rings. The third kappa shape index (κ3) is 7.30. The molecule has 1 heterocycles. The van der Waals surface area contributed by atoms with Crippen LogP contribution in [0.4, 0.5) is 5.69 Å². The maximum atomic E-state index is 14.0. The third-order valence-electron chi connectivity index (χ3n) is 9.83. The summed E-state index contributed by atoms with van der Waals surface area (Å²) in [4.78, 5) is 52.4. The molecule has 48 heavy (non-hydrogen) atoms. The van der Waals surface area contributed by atoms with Crippen molar-refractivity contribution in [2.45, 2.75) is 82.7 Å². The summed E-state index contributed by atoms with van der Waals surface area (Å²) < 4.78 is 2.05. The van der Waals surface area contributed by atoms with E-state index in [0.717, 1.165) is 60.7 Å². The second kappa shape index (κ2) is 14.9. The van der Waals surface area contributed by atoms with Crippen LogP contribution in [-0.2, 0) is 20.9 Å².